The predicted molar refractivity (Wildman–Crippen MR) is 51.9 cm³/mol. The van der Waals surface area contributed by atoms with Crippen LogP contribution < -0.4 is 5.32 Å². The summed E-state index contributed by atoms with van der Waals surface area (Å²) in [6.07, 6.45) is 5.17. The van der Waals surface area contributed by atoms with Gasteiger partial charge in [-0.1, -0.05) is 26.7 Å². The largest absolute Gasteiger partial charge is 0.312 e. The van der Waals surface area contributed by atoms with Crippen molar-refractivity contribution in [2.24, 2.45) is 0 Å². The van der Waals surface area contributed by atoms with Gasteiger partial charge in [0, 0.05) is 12.1 Å². The third-order valence-corrected chi connectivity index (χ3v) is 2.01. The van der Waals surface area contributed by atoms with E-state index in [0.717, 1.165) is 0 Å². The minimum atomic E-state index is 0.696. The molecule has 0 saturated heterocycles. The Morgan fingerprint density at radius 3 is 1.55 bits per heavy atom. The Hall–Kier alpha value is -0.0400. The van der Waals surface area contributed by atoms with Gasteiger partial charge in [0.2, 0.25) is 0 Å². The summed E-state index contributed by atoms with van der Waals surface area (Å²) < 4.78 is 0. The van der Waals surface area contributed by atoms with Crippen molar-refractivity contribution in [3.05, 3.63) is 0 Å². The van der Waals surface area contributed by atoms with Crippen LogP contribution in [0.25, 0.3) is 0 Å². The zero-order chi connectivity index (χ0) is 8.69. The third kappa shape index (κ3) is 6.36. The molecule has 0 heterocycles. The van der Waals surface area contributed by atoms with E-state index in [1.807, 2.05) is 0 Å². The molecular formula is C10H23N. The van der Waals surface area contributed by atoms with Gasteiger partial charge in [-0.2, -0.15) is 0 Å². The maximum absolute atomic E-state index is 3.58. The molecule has 1 N–H and O–H groups in total. The fourth-order valence-corrected chi connectivity index (χ4v) is 1.52. The fraction of sp³-hybridized carbons (Fsp3) is 1.00. The standard InChI is InChI=1S/C10H23N/c1-5-7-9(3)11-10(4)8-6-2/h9-11H,5-8H2,1-4H3/t9-,10+. The molecular weight excluding hydrogens is 134 g/mol. The number of hydrogen-bond acceptors (Lipinski definition) is 1. The highest BCUT2D eigenvalue weighted by Crippen LogP contribution is 2.00. The van der Waals surface area contributed by atoms with Crippen LogP contribution in [-0.4, -0.2) is 12.1 Å². The average molecular weight is 157 g/mol. The molecule has 0 aliphatic rings. The highest BCUT2D eigenvalue weighted by Gasteiger charge is 2.04. The molecule has 0 saturated carbocycles. The molecule has 0 fully saturated rings. The quantitative estimate of drug-likeness (QED) is 0.625. The lowest BCUT2D eigenvalue weighted by atomic mass is 10.1. The lowest BCUT2D eigenvalue weighted by Gasteiger charge is -2.18. The summed E-state index contributed by atoms with van der Waals surface area (Å²) in [5.74, 6) is 0. The molecule has 68 valence electrons. The predicted octanol–water partition coefficient (Wildman–Crippen LogP) is 2.95. The lowest BCUT2D eigenvalue weighted by Crippen LogP contribution is -2.34. The first-order valence-electron chi connectivity index (χ1n) is 4.96. The van der Waals surface area contributed by atoms with Crippen molar-refractivity contribution < 1.29 is 0 Å². The van der Waals surface area contributed by atoms with Gasteiger partial charge >= 0.3 is 0 Å². The van der Waals surface area contributed by atoms with Crippen molar-refractivity contribution in [2.45, 2.75) is 65.5 Å². The van der Waals surface area contributed by atoms with Gasteiger partial charge in [-0.05, 0) is 26.7 Å². The molecule has 0 radical (unpaired) electrons. The summed E-state index contributed by atoms with van der Waals surface area (Å²) in [5.41, 5.74) is 0. The molecule has 0 unspecified atom stereocenters. The molecule has 0 spiro atoms. The molecule has 0 aromatic heterocycles. The van der Waals surface area contributed by atoms with Crippen LogP contribution in [-0.2, 0) is 0 Å². The second-order valence-electron chi connectivity index (χ2n) is 3.55. The molecule has 0 amide bonds. The summed E-state index contributed by atoms with van der Waals surface area (Å²) in [7, 11) is 0. The minimum absolute atomic E-state index is 0.696. The van der Waals surface area contributed by atoms with Crippen LogP contribution in [0.5, 0.6) is 0 Å². The fourth-order valence-electron chi connectivity index (χ4n) is 1.52. The van der Waals surface area contributed by atoms with E-state index in [9.17, 15) is 0 Å². The van der Waals surface area contributed by atoms with E-state index in [2.05, 4.69) is 33.0 Å². The molecule has 0 aliphatic heterocycles. The highest BCUT2D eigenvalue weighted by molar-refractivity contribution is 4.66. The first kappa shape index (κ1) is 11.0. The Balaban J connectivity index is 3.32. The Kier molecular flexibility index (Phi) is 6.63. The van der Waals surface area contributed by atoms with Crippen LogP contribution in [0.1, 0.15) is 53.4 Å². The average Bonchev–Trinajstić information content (AvgIpc) is 1.87. The van der Waals surface area contributed by atoms with Crippen molar-refractivity contribution >= 4 is 0 Å². The molecule has 0 bridgehead atoms. The molecule has 1 nitrogen and oxygen atoms in total. The summed E-state index contributed by atoms with van der Waals surface area (Å²) in [6, 6.07) is 1.39. The van der Waals surface area contributed by atoms with Gasteiger partial charge in [0.1, 0.15) is 0 Å². The Morgan fingerprint density at radius 1 is 0.909 bits per heavy atom. The maximum Gasteiger partial charge on any atom is 0.00411 e. The van der Waals surface area contributed by atoms with Crippen molar-refractivity contribution in [2.75, 3.05) is 0 Å². The molecule has 0 aromatic carbocycles. The second-order valence-corrected chi connectivity index (χ2v) is 3.55. The zero-order valence-corrected chi connectivity index (χ0v) is 8.48. The van der Waals surface area contributed by atoms with Gasteiger partial charge in [-0.25, -0.2) is 0 Å². The molecule has 2 atom stereocenters. The van der Waals surface area contributed by atoms with Crippen LogP contribution in [0.4, 0.5) is 0 Å². The van der Waals surface area contributed by atoms with Gasteiger partial charge in [0.05, 0.1) is 0 Å². The third-order valence-electron chi connectivity index (χ3n) is 2.01. The van der Waals surface area contributed by atoms with E-state index in [-0.39, 0.29) is 0 Å². The molecule has 1 heteroatoms. The van der Waals surface area contributed by atoms with E-state index in [4.69, 9.17) is 0 Å². The summed E-state index contributed by atoms with van der Waals surface area (Å²) in [6.45, 7) is 9.02. The SMILES string of the molecule is CCC[C@@H](C)N[C@@H](C)CCC. The lowest BCUT2D eigenvalue weighted by molar-refractivity contribution is 0.423. The summed E-state index contributed by atoms with van der Waals surface area (Å²) in [4.78, 5) is 0. The number of hydrogen-bond donors (Lipinski definition) is 1. The smallest absolute Gasteiger partial charge is 0.00411 e. The zero-order valence-electron chi connectivity index (χ0n) is 8.48. The topological polar surface area (TPSA) is 12.0 Å². The normalized spacial score (nSPS) is 16.4. The van der Waals surface area contributed by atoms with Crippen molar-refractivity contribution in [3.63, 3.8) is 0 Å². The van der Waals surface area contributed by atoms with Gasteiger partial charge in [-0.15, -0.1) is 0 Å². The van der Waals surface area contributed by atoms with Gasteiger partial charge in [0.25, 0.3) is 0 Å². The monoisotopic (exact) mass is 157 g/mol. The Morgan fingerprint density at radius 2 is 1.27 bits per heavy atom. The van der Waals surface area contributed by atoms with Crippen molar-refractivity contribution in [1.82, 2.24) is 5.32 Å². The van der Waals surface area contributed by atoms with E-state index in [1.54, 1.807) is 0 Å². The van der Waals surface area contributed by atoms with E-state index < -0.39 is 0 Å². The summed E-state index contributed by atoms with van der Waals surface area (Å²) >= 11 is 0. The van der Waals surface area contributed by atoms with E-state index in [1.165, 1.54) is 25.7 Å². The highest BCUT2D eigenvalue weighted by atomic mass is 14.9. The minimum Gasteiger partial charge on any atom is -0.312 e. The van der Waals surface area contributed by atoms with Gasteiger partial charge in [-0.3, -0.25) is 0 Å². The molecule has 0 aromatic rings. The maximum atomic E-state index is 3.58. The molecule has 11 heavy (non-hydrogen) atoms. The van der Waals surface area contributed by atoms with Crippen LogP contribution in [0.2, 0.25) is 0 Å². The van der Waals surface area contributed by atoms with Crippen LogP contribution in [0, 0.1) is 0 Å². The number of rotatable bonds is 6. The van der Waals surface area contributed by atoms with Gasteiger partial charge < -0.3 is 5.32 Å². The van der Waals surface area contributed by atoms with Crippen molar-refractivity contribution in [3.8, 4) is 0 Å². The van der Waals surface area contributed by atoms with Crippen molar-refractivity contribution in [1.29, 1.82) is 0 Å². The molecule has 0 rings (SSSR count). The second kappa shape index (κ2) is 6.66. The number of nitrogens with one attached hydrogen (secondary N) is 1. The van der Waals surface area contributed by atoms with Crippen LogP contribution >= 0.6 is 0 Å². The first-order chi connectivity index (χ1) is 5.20. The van der Waals surface area contributed by atoms with E-state index >= 15 is 0 Å². The van der Waals surface area contributed by atoms with E-state index in [0.29, 0.717) is 12.1 Å². The summed E-state index contributed by atoms with van der Waals surface area (Å²) in [5, 5.41) is 3.58. The Labute approximate surface area is 71.6 Å². The molecule has 0 aliphatic carbocycles. The van der Waals surface area contributed by atoms with Crippen LogP contribution in [0.15, 0.2) is 0 Å². The van der Waals surface area contributed by atoms with Crippen LogP contribution in [0.3, 0.4) is 0 Å². The van der Waals surface area contributed by atoms with Gasteiger partial charge in [0.15, 0.2) is 0 Å². The Bertz CT molecular complexity index is 70.9. The first-order valence-corrected chi connectivity index (χ1v) is 4.96.